The lowest BCUT2D eigenvalue weighted by Gasteiger charge is -2.09. The molecular formula is C13H14FN3. The number of nitrogen functional groups attached to an aromatic ring is 1. The Labute approximate surface area is 99.5 Å². The number of aryl methyl sites for hydroxylation is 2. The summed E-state index contributed by atoms with van der Waals surface area (Å²) in [7, 11) is 0. The molecule has 88 valence electrons. The van der Waals surface area contributed by atoms with Gasteiger partial charge < -0.3 is 5.73 Å². The molecule has 2 rings (SSSR count). The van der Waals surface area contributed by atoms with Gasteiger partial charge in [0.2, 0.25) is 0 Å². The van der Waals surface area contributed by atoms with Crippen molar-refractivity contribution in [3.8, 4) is 11.3 Å². The maximum atomic E-state index is 13.2. The average Bonchev–Trinajstić information content (AvgIpc) is 2.27. The molecule has 1 heterocycles. The number of halogens is 1. The molecule has 0 aliphatic carbocycles. The van der Waals surface area contributed by atoms with E-state index in [0.29, 0.717) is 17.2 Å². The second-order valence-electron chi connectivity index (χ2n) is 4.09. The number of hydrogen-bond donors (Lipinski definition) is 1. The van der Waals surface area contributed by atoms with Crippen LogP contribution in [-0.2, 0) is 0 Å². The standard InChI is InChI=1S/C13H14FN3/c1-7-6-10(4-5-11(7)14)12-8(2)13(15)17-9(3)16-12/h4-6H,1-3H3,(H2,15,16,17). The van der Waals surface area contributed by atoms with Crippen LogP contribution in [0.2, 0.25) is 0 Å². The smallest absolute Gasteiger partial charge is 0.130 e. The highest BCUT2D eigenvalue weighted by Crippen LogP contribution is 2.25. The molecule has 17 heavy (non-hydrogen) atoms. The van der Waals surface area contributed by atoms with Crippen molar-refractivity contribution in [3.05, 3.63) is 41.0 Å². The zero-order valence-electron chi connectivity index (χ0n) is 10.1. The third-order valence-corrected chi connectivity index (χ3v) is 2.73. The van der Waals surface area contributed by atoms with Gasteiger partial charge in [-0.25, -0.2) is 14.4 Å². The average molecular weight is 231 g/mol. The maximum Gasteiger partial charge on any atom is 0.130 e. The van der Waals surface area contributed by atoms with Crippen molar-refractivity contribution in [2.24, 2.45) is 0 Å². The van der Waals surface area contributed by atoms with Gasteiger partial charge in [-0.15, -0.1) is 0 Å². The van der Waals surface area contributed by atoms with Crippen molar-refractivity contribution in [2.75, 3.05) is 5.73 Å². The fourth-order valence-electron chi connectivity index (χ4n) is 1.72. The summed E-state index contributed by atoms with van der Waals surface area (Å²) < 4.78 is 13.2. The van der Waals surface area contributed by atoms with Crippen LogP contribution in [0, 0.1) is 26.6 Å². The van der Waals surface area contributed by atoms with E-state index in [0.717, 1.165) is 16.8 Å². The quantitative estimate of drug-likeness (QED) is 0.821. The molecule has 0 aliphatic heterocycles. The van der Waals surface area contributed by atoms with E-state index >= 15 is 0 Å². The molecule has 4 heteroatoms. The van der Waals surface area contributed by atoms with Crippen LogP contribution in [-0.4, -0.2) is 9.97 Å². The number of rotatable bonds is 1. The summed E-state index contributed by atoms with van der Waals surface area (Å²) in [6.45, 7) is 5.38. The number of nitrogens with two attached hydrogens (primary N) is 1. The molecule has 2 aromatic rings. The van der Waals surface area contributed by atoms with Crippen LogP contribution in [0.5, 0.6) is 0 Å². The van der Waals surface area contributed by atoms with Crippen LogP contribution in [0.4, 0.5) is 10.2 Å². The number of aromatic nitrogens is 2. The minimum absolute atomic E-state index is 0.217. The summed E-state index contributed by atoms with van der Waals surface area (Å²) in [5.41, 5.74) is 8.84. The lowest BCUT2D eigenvalue weighted by molar-refractivity contribution is 0.618. The summed E-state index contributed by atoms with van der Waals surface area (Å²) in [4.78, 5) is 8.45. The molecule has 0 amide bonds. The Bertz CT molecular complexity index is 579. The Morgan fingerprint density at radius 3 is 2.47 bits per heavy atom. The minimum atomic E-state index is -0.217. The Morgan fingerprint density at radius 2 is 1.82 bits per heavy atom. The van der Waals surface area contributed by atoms with Crippen LogP contribution in [0.15, 0.2) is 18.2 Å². The topological polar surface area (TPSA) is 51.8 Å². The Balaban J connectivity index is 2.64. The van der Waals surface area contributed by atoms with E-state index in [1.807, 2.05) is 6.92 Å². The zero-order valence-corrected chi connectivity index (χ0v) is 10.1. The second-order valence-corrected chi connectivity index (χ2v) is 4.09. The van der Waals surface area contributed by atoms with Gasteiger partial charge in [-0.1, -0.05) is 0 Å². The molecular weight excluding hydrogens is 217 g/mol. The highest BCUT2D eigenvalue weighted by Gasteiger charge is 2.10. The summed E-state index contributed by atoms with van der Waals surface area (Å²) >= 11 is 0. The fraction of sp³-hybridized carbons (Fsp3) is 0.231. The van der Waals surface area contributed by atoms with E-state index in [9.17, 15) is 4.39 Å². The minimum Gasteiger partial charge on any atom is -0.383 e. The van der Waals surface area contributed by atoms with Crippen molar-refractivity contribution in [2.45, 2.75) is 20.8 Å². The largest absolute Gasteiger partial charge is 0.383 e. The van der Waals surface area contributed by atoms with Crippen molar-refractivity contribution in [1.82, 2.24) is 9.97 Å². The zero-order chi connectivity index (χ0) is 12.6. The first kappa shape index (κ1) is 11.5. The number of anilines is 1. The lowest BCUT2D eigenvalue weighted by atomic mass is 10.0. The van der Waals surface area contributed by atoms with Crippen molar-refractivity contribution in [1.29, 1.82) is 0 Å². The predicted molar refractivity (Wildman–Crippen MR) is 66.0 cm³/mol. The third kappa shape index (κ3) is 2.11. The summed E-state index contributed by atoms with van der Waals surface area (Å²) in [5, 5.41) is 0. The van der Waals surface area contributed by atoms with Gasteiger partial charge in [0, 0.05) is 11.1 Å². The summed E-state index contributed by atoms with van der Waals surface area (Å²) in [6, 6.07) is 4.91. The molecule has 0 fully saturated rings. The maximum absolute atomic E-state index is 13.2. The molecule has 2 N–H and O–H groups in total. The molecule has 0 aliphatic rings. The highest BCUT2D eigenvalue weighted by atomic mass is 19.1. The molecule has 0 saturated carbocycles. The van der Waals surface area contributed by atoms with Crippen LogP contribution >= 0.6 is 0 Å². The molecule has 0 spiro atoms. The van der Waals surface area contributed by atoms with Crippen LogP contribution in [0.25, 0.3) is 11.3 Å². The normalized spacial score (nSPS) is 10.6. The third-order valence-electron chi connectivity index (χ3n) is 2.73. The van der Waals surface area contributed by atoms with Crippen LogP contribution in [0.1, 0.15) is 17.0 Å². The highest BCUT2D eigenvalue weighted by molar-refractivity contribution is 5.67. The molecule has 0 atom stereocenters. The fourth-order valence-corrected chi connectivity index (χ4v) is 1.72. The lowest BCUT2D eigenvalue weighted by Crippen LogP contribution is -2.02. The number of hydrogen-bond acceptors (Lipinski definition) is 3. The van der Waals surface area contributed by atoms with Gasteiger partial charge in [-0.05, 0) is 44.5 Å². The Hall–Kier alpha value is -1.97. The molecule has 0 radical (unpaired) electrons. The molecule has 0 unspecified atom stereocenters. The number of nitrogens with zero attached hydrogens (tertiary/aromatic N) is 2. The first-order chi connectivity index (χ1) is 7.99. The molecule has 1 aromatic carbocycles. The van der Waals surface area contributed by atoms with E-state index in [2.05, 4.69) is 9.97 Å². The second kappa shape index (κ2) is 4.13. The molecule has 3 nitrogen and oxygen atoms in total. The van der Waals surface area contributed by atoms with Gasteiger partial charge in [0.05, 0.1) is 5.69 Å². The monoisotopic (exact) mass is 231 g/mol. The SMILES string of the molecule is Cc1nc(N)c(C)c(-c2ccc(F)c(C)c2)n1. The first-order valence-corrected chi connectivity index (χ1v) is 5.36. The van der Waals surface area contributed by atoms with Crippen LogP contribution < -0.4 is 5.73 Å². The van der Waals surface area contributed by atoms with Gasteiger partial charge in [-0.2, -0.15) is 0 Å². The van der Waals surface area contributed by atoms with Gasteiger partial charge in [0.1, 0.15) is 17.5 Å². The van der Waals surface area contributed by atoms with Crippen molar-refractivity contribution >= 4 is 5.82 Å². The van der Waals surface area contributed by atoms with Gasteiger partial charge in [0.25, 0.3) is 0 Å². The molecule has 1 aromatic heterocycles. The van der Waals surface area contributed by atoms with Gasteiger partial charge in [-0.3, -0.25) is 0 Å². The number of benzene rings is 1. The van der Waals surface area contributed by atoms with E-state index in [1.54, 1.807) is 26.0 Å². The molecule has 0 bridgehead atoms. The van der Waals surface area contributed by atoms with Gasteiger partial charge in [0.15, 0.2) is 0 Å². The van der Waals surface area contributed by atoms with Crippen molar-refractivity contribution in [3.63, 3.8) is 0 Å². The van der Waals surface area contributed by atoms with Crippen molar-refractivity contribution < 1.29 is 4.39 Å². The Kier molecular flexibility index (Phi) is 2.79. The van der Waals surface area contributed by atoms with E-state index in [1.165, 1.54) is 6.07 Å². The van der Waals surface area contributed by atoms with Crippen LogP contribution in [0.3, 0.4) is 0 Å². The first-order valence-electron chi connectivity index (χ1n) is 5.36. The van der Waals surface area contributed by atoms with E-state index in [-0.39, 0.29) is 5.82 Å². The Morgan fingerprint density at radius 1 is 1.12 bits per heavy atom. The van der Waals surface area contributed by atoms with Gasteiger partial charge >= 0.3 is 0 Å². The van der Waals surface area contributed by atoms with E-state index < -0.39 is 0 Å². The summed E-state index contributed by atoms with van der Waals surface area (Å²) in [6.07, 6.45) is 0. The van der Waals surface area contributed by atoms with E-state index in [4.69, 9.17) is 5.73 Å². The predicted octanol–water partition coefficient (Wildman–Crippen LogP) is 2.79. The summed E-state index contributed by atoms with van der Waals surface area (Å²) in [5.74, 6) is 0.865. The molecule has 0 saturated heterocycles.